The summed E-state index contributed by atoms with van der Waals surface area (Å²) in [5, 5.41) is 11.2. The first-order chi connectivity index (χ1) is 11.1. The van der Waals surface area contributed by atoms with Crippen molar-refractivity contribution < 1.29 is 18.3 Å². The van der Waals surface area contributed by atoms with Crippen LogP contribution in [-0.2, 0) is 14.8 Å². The van der Waals surface area contributed by atoms with Crippen LogP contribution >= 0.6 is 11.6 Å². The van der Waals surface area contributed by atoms with Gasteiger partial charge in [0.05, 0.1) is 17.5 Å². The number of nitrogens with zero attached hydrogens (tertiary/aromatic N) is 1. The van der Waals surface area contributed by atoms with Crippen LogP contribution in [0.4, 0.5) is 0 Å². The molecule has 1 aliphatic rings. The summed E-state index contributed by atoms with van der Waals surface area (Å²) in [6.45, 7) is 4.39. The van der Waals surface area contributed by atoms with E-state index in [4.69, 9.17) is 16.3 Å². The summed E-state index contributed by atoms with van der Waals surface area (Å²) in [6, 6.07) is 7.15. The van der Waals surface area contributed by atoms with E-state index in [1.807, 2.05) is 12.1 Å². The van der Waals surface area contributed by atoms with Gasteiger partial charge in [0.15, 0.2) is 0 Å². The summed E-state index contributed by atoms with van der Waals surface area (Å²) in [4.78, 5) is 0. The number of halogens is 1. The van der Waals surface area contributed by atoms with Crippen molar-refractivity contribution in [1.82, 2.24) is 4.31 Å². The molecule has 1 saturated heterocycles. The van der Waals surface area contributed by atoms with Crippen LogP contribution in [0, 0.1) is 5.92 Å². The molecule has 1 atom stereocenters. The Bertz CT molecular complexity index is 637. The molecule has 0 aromatic heterocycles. The molecule has 1 aromatic rings. The molecule has 1 heterocycles. The van der Waals surface area contributed by atoms with Crippen LogP contribution < -0.4 is 0 Å². The summed E-state index contributed by atoms with van der Waals surface area (Å²) in [6.07, 6.45) is 0.676. The lowest BCUT2D eigenvalue weighted by Gasteiger charge is -2.35. The van der Waals surface area contributed by atoms with Crippen molar-refractivity contribution in [3.8, 4) is 0 Å². The first-order valence-corrected chi connectivity index (χ1v) is 10.1. The minimum atomic E-state index is -3.36. The Labute approximate surface area is 149 Å². The lowest BCUT2D eigenvalue weighted by molar-refractivity contribution is 0.0405. The second-order valence-electron chi connectivity index (χ2n) is 6.95. The SMILES string of the molecule is COC(C)(C)CS(=O)(=O)N1CCC(C(O)c2ccc(Cl)cc2)CC1. The van der Waals surface area contributed by atoms with Crippen molar-refractivity contribution in [1.29, 1.82) is 0 Å². The van der Waals surface area contributed by atoms with E-state index in [9.17, 15) is 13.5 Å². The van der Waals surface area contributed by atoms with E-state index in [2.05, 4.69) is 0 Å². The average Bonchev–Trinajstić information content (AvgIpc) is 2.54. The fraction of sp³-hybridized carbons (Fsp3) is 0.647. The van der Waals surface area contributed by atoms with Crippen molar-refractivity contribution in [2.75, 3.05) is 26.0 Å². The van der Waals surface area contributed by atoms with Gasteiger partial charge in [-0.1, -0.05) is 23.7 Å². The summed E-state index contributed by atoms with van der Waals surface area (Å²) in [5.74, 6) is 0.00836. The monoisotopic (exact) mass is 375 g/mol. The molecule has 136 valence electrons. The number of sulfonamides is 1. The van der Waals surface area contributed by atoms with Crippen molar-refractivity contribution >= 4 is 21.6 Å². The minimum absolute atomic E-state index is 0.0408. The van der Waals surface area contributed by atoms with Crippen molar-refractivity contribution in [3.05, 3.63) is 34.9 Å². The van der Waals surface area contributed by atoms with Crippen LogP contribution in [0.5, 0.6) is 0 Å². The Kier molecular flexibility index (Phi) is 6.31. The maximum absolute atomic E-state index is 12.5. The topological polar surface area (TPSA) is 66.8 Å². The molecule has 1 N–H and O–H groups in total. The number of aliphatic hydroxyl groups excluding tert-OH is 1. The van der Waals surface area contributed by atoms with E-state index in [0.717, 1.165) is 5.56 Å². The van der Waals surface area contributed by atoms with Gasteiger partial charge in [-0.15, -0.1) is 0 Å². The van der Waals surface area contributed by atoms with Crippen molar-refractivity contribution in [2.24, 2.45) is 5.92 Å². The second kappa shape index (κ2) is 7.70. The second-order valence-corrected chi connectivity index (χ2v) is 9.36. The predicted octanol–water partition coefficient (Wildman–Crippen LogP) is 2.84. The standard InChI is InChI=1S/C17H26ClNO4S/c1-17(2,23-3)12-24(21,22)19-10-8-14(9-11-19)16(20)13-4-6-15(18)7-5-13/h4-7,14,16,20H,8-12H2,1-3H3. The number of hydrogen-bond acceptors (Lipinski definition) is 4. The predicted molar refractivity (Wildman–Crippen MR) is 95.6 cm³/mol. The van der Waals surface area contributed by atoms with E-state index in [1.165, 1.54) is 11.4 Å². The Morgan fingerprint density at radius 1 is 1.29 bits per heavy atom. The van der Waals surface area contributed by atoms with Crippen LogP contribution in [0.25, 0.3) is 0 Å². The fourth-order valence-corrected chi connectivity index (χ4v) is 5.06. The maximum Gasteiger partial charge on any atom is 0.216 e. The molecule has 0 bridgehead atoms. The highest BCUT2D eigenvalue weighted by atomic mass is 35.5. The van der Waals surface area contributed by atoms with Crippen LogP contribution in [0.3, 0.4) is 0 Å². The first-order valence-electron chi connectivity index (χ1n) is 8.11. The third kappa shape index (κ3) is 4.92. The first kappa shape index (κ1) is 19.7. The largest absolute Gasteiger partial charge is 0.388 e. The summed E-state index contributed by atoms with van der Waals surface area (Å²) < 4.78 is 31.8. The maximum atomic E-state index is 12.5. The number of aliphatic hydroxyl groups is 1. The van der Waals surface area contributed by atoms with Crippen molar-refractivity contribution in [2.45, 2.75) is 38.4 Å². The molecule has 1 aromatic carbocycles. The van der Waals surface area contributed by atoms with Crippen LogP contribution in [-0.4, -0.2) is 49.4 Å². The Hall–Kier alpha value is -0.660. The average molecular weight is 376 g/mol. The highest BCUT2D eigenvalue weighted by molar-refractivity contribution is 7.89. The molecule has 2 rings (SSSR count). The smallest absolute Gasteiger partial charge is 0.216 e. The van der Waals surface area contributed by atoms with E-state index in [0.29, 0.717) is 31.0 Å². The molecule has 5 nitrogen and oxygen atoms in total. The van der Waals surface area contributed by atoms with Gasteiger partial charge in [0, 0.05) is 25.2 Å². The van der Waals surface area contributed by atoms with Crippen LogP contribution in [0.1, 0.15) is 38.4 Å². The highest BCUT2D eigenvalue weighted by Gasteiger charge is 2.35. The van der Waals surface area contributed by atoms with E-state index < -0.39 is 21.7 Å². The lowest BCUT2D eigenvalue weighted by atomic mass is 9.88. The zero-order valence-electron chi connectivity index (χ0n) is 14.4. The molecule has 7 heteroatoms. The zero-order valence-corrected chi connectivity index (χ0v) is 16.0. The van der Waals surface area contributed by atoms with Gasteiger partial charge in [0.25, 0.3) is 0 Å². The van der Waals surface area contributed by atoms with E-state index in [-0.39, 0.29) is 11.7 Å². The molecule has 1 aliphatic heterocycles. The molecule has 0 aliphatic carbocycles. The third-order valence-electron chi connectivity index (χ3n) is 4.63. The van der Waals surface area contributed by atoms with Gasteiger partial charge in [0.1, 0.15) is 0 Å². The number of piperidine rings is 1. The molecule has 24 heavy (non-hydrogen) atoms. The molecule has 1 unspecified atom stereocenters. The molecule has 0 radical (unpaired) electrons. The number of rotatable bonds is 6. The summed E-state index contributed by atoms with van der Waals surface area (Å²) in [5.41, 5.74) is 0.111. The number of methoxy groups -OCH3 is 1. The number of ether oxygens (including phenoxy) is 1. The fourth-order valence-electron chi connectivity index (χ4n) is 2.99. The van der Waals surface area contributed by atoms with E-state index in [1.54, 1.807) is 26.0 Å². The van der Waals surface area contributed by atoms with Crippen LogP contribution in [0.2, 0.25) is 5.02 Å². The molecular weight excluding hydrogens is 350 g/mol. The van der Waals surface area contributed by atoms with Crippen LogP contribution in [0.15, 0.2) is 24.3 Å². The molecule has 0 amide bonds. The van der Waals surface area contributed by atoms with E-state index >= 15 is 0 Å². The zero-order chi connectivity index (χ0) is 18.0. The van der Waals surface area contributed by atoms with Gasteiger partial charge in [0.2, 0.25) is 10.0 Å². The quantitative estimate of drug-likeness (QED) is 0.830. The third-order valence-corrected chi connectivity index (χ3v) is 7.10. The molecule has 0 saturated carbocycles. The normalized spacial score (nSPS) is 19.4. The van der Waals surface area contributed by atoms with Gasteiger partial charge in [-0.25, -0.2) is 12.7 Å². The van der Waals surface area contributed by atoms with Gasteiger partial charge in [-0.05, 0) is 50.3 Å². The Morgan fingerprint density at radius 3 is 2.33 bits per heavy atom. The van der Waals surface area contributed by atoms with Gasteiger partial charge < -0.3 is 9.84 Å². The summed E-state index contributed by atoms with van der Waals surface area (Å²) in [7, 11) is -1.85. The van der Waals surface area contributed by atoms with Gasteiger partial charge in [-0.3, -0.25) is 0 Å². The van der Waals surface area contributed by atoms with Crippen molar-refractivity contribution in [3.63, 3.8) is 0 Å². The number of benzene rings is 1. The molecule has 0 spiro atoms. The minimum Gasteiger partial charge on any atom is -0.388 e. The van der Waals surface area contributed by atoms with Gasteiger partial charge in [-0.2, -0.15) is 0 Å². The molecular formula is C17H26ClNO4S. The number of hydrogen-bond donors (Lipinski definition) is 1. The Morgan fingerprint density at radius 2 is 1.83 bits per heavy atom. The summed E-state index contributed by atoms with van der Waals surface area (Å²) >= 11 is 5.87. The molecule has 1 fully saturated rings. The highest BCUT2D eigenvalue weighted by Crippen LogP contribution is 2.32. The van der Waals surface area contributed by atoms with Gasteiger partial charge >= 0.3 is 0 Å². The Balaban J connectivity index is 1.96. The lowest BCUT2D eigenvalue weighted by Crippen LogP contribution is -2.45.